The van der Waals surface area contributed by atoms with Crippen molar-refractivity contribution in [1.82, 2.24) is 4.90 Å². The van der Waals surface area contributed by atoms with Gasteiger partial charge in [0.1, 0.15) is 0 Å². The molecule has 2 nitrogen and oxygen atoms in total. The molecule has 1 fully saturated rings. The summed E-state index contributed by atoms with van der Waals surface area (Å²) in [5.74, 6) is 0.248. The van der Waals surface area contributed by atoms with Crippen LogP contribution in [0.3, 0.4) is 0 Å². The Hall–Kier alpha value is -0.860. The molecule has 1 aliphatic heterocycles. The predicted molar refractivity (Wildman–Crippen MR) is 75.0 cm³/mol. The van der Waals surface area contributed by atoms with Gasteiger partial charge in [-0.3, -0.25) is 9.69 Å². The van der Waals surface area contributed by atoms with Gasteiger partial charge >= 0.3 is 0 Å². The van der Waals surface area contributed by atoms with Crippen molar-refractivity contribution in [1.29, 1.82) is 0 Å². The van der Waals surface area contributed by atoms with Crippen LogP contribution in [0.1, 0.15) is 32.3 Å². The molecular formula is C15H20ClNO. The molecule has 1 aromatic rings. The Morgan fingerprint density at radius 3 is 2.50 bits per heavy atom. The number of ketones is 1. The lowest BCUT2D eigenvalue weighted by Crippen LogP contribution is -2.49. The van der Waals surface area contributed by atoms with E-state index < -0.39 is 0 Å². The van der Waals surface area contributed by atoms with Gasteiger partial charge in [0.25, 0.3) is 0 Å². The van der Waals surface area contributed by atoms with Crippen LogP contribution < -0.4 is 0 Å². The summed E-state index contributed by atoms with van der Waals surface area (Å²) in [6.07, 6.45) is 2.81. The number of carbonyl (C=O) groups is 1. The van der Waals surface area contributed by atoms with Crippen LogP contribution >= 0.6 is 11.6 Å². The van der Waals surface area contributed by atoms with E-state index in [0.29, 0.717) is 11.4 Å². The van der Waals surface area contributed by atoms with Gasteiger partial charge in [0.2, 0.25) is 0 Å². The van der Waals surface area contributed by atoms with E-state index in [1.807, 2.05) is 38.1 Å². The minimum absolute atomic E-state index is 0.248. The van der Waals surface area contributed by atoms with Gasteiger partial charge in [-0.2, -0.15) is 0 Å². The van der Waals surface area contributed by atoms with Crippen LogP contribution in [0, 0.1) is 0 Å². The summed E-state index contributed by atoms with van der Waals surface area (Å²) < 4.78 is 0. The van der Waals surface area contributed by atoms with E-state index in [1.165, 1.54) is 12.8 Å². The summed E-state index contributed by atoms with van der Waals surface area (Å²) in [6, 6.07) is 7.59. The highest BCUT2D eigenvalue weighted by Gasteiger charge is 2.35. The third kappa shape index (κ3) is 2.76. The zero-order valence-corrected chi connectivity index (χ0v) is 11.8. The Morgan fingerprint density at radius 2 is 1.89 bits per heavy atom. The quantitative estimate of drug-likeness (QED) is 0.832. The molecule has 0 aliphatic carbocycles. The van der Waals surface area contributed by atoms with E-state index in [0.717, 1.165) is 18.7 Å². The number of hydrogen-bond donors (Lipinski definition) is 0. The normalized spacial score (nSPS) is 17.1. The molecule has 3 heteroatoms. The van der Waals surface area contributed by atoms with Gasteiger partial charge in [0.05, 0.1) is 5.54 Å². The van der Waals surface area contributed by atoms with Gasteiger partial charge in [-0.15, -0.1) is 0 Å². The van der Waals surface area contributed by atoms with E-state index >= 15 is 0 Å². The monoisotopic (exact) mass is 265 g/mol. The third-order valence-corrected chi connectivity index (χ3v) is 4.26. The van der Waals surface area contributed by atoms with Crippen LogP contribution in [0.25, 0.3) is 0 Å². The summed E-state index contributed by atoms with van der Waals surface area (Å²) in [5, 5.41) is 0.683. The van der Waals surface area contributed by atoms with Gasteiger partial charge in [-0.25, -0.2) is 0 Å². The number of halogens is 1. The maximum absolute atomic E-state index is 12.5. The number of hydrogen-bond acceptors (Lipinski definition) is 2. The van der Waals surface area contributed by atoms with Crippen LogP contribution in [-0.4, -0.2) is 29.3 Å². The maximum atomic E-state index is 12.5. The Kier molecular flexibility index (Phi) is 4.08. The van der Waals surface area contributed by atoms with Crippen molar-refractivity contribution in [3.63, 3.8) is 0 Å². The Morgan fingerprint density at radius 1 is 1.28 bits per heavy atom. The molecule has 0 radical (unpaired) electrons. The fourth-order valence-corrected chi connectivity index (χ4v) is 2.69. The molecular weight excluding hydrogens is 246 g/mol. The topological polar surface area (TPSA) is 20.3 Å². The Balaban J connectivity index is 2.09. The molecule has 1 heterocycles. The van der Waals surface area contributed by atoms with E-state index in [1.54, 1.807) is 0 Å². The molecule has 1 saturated heterocycles. The first-order chi connectivity index (χ1) is 8.51. The van der Waals surface area contributed by atoms with Gasteiger partial charge in [0, 0.05) is 11.4 Å². The lowest BCUT2D eigenvalue weighted by Gasteiger charge is -2.34. The minimum atomic E-state index is -0.379. The van der Waals surface area contributed by atoms with E-state index in [4.69, 9.17) is 11.6 Å². The molecule has 0 saturated carbocycles. The van der Waals surface area contributed by atoms with Crippen molar-refractivity contribution >= 4 is 17.4 Å². The second-order valence-electron chi connectivity index (χ2n) is 5.44. The summed E-state index contributed by atoms with van der Waals surface area (Å²) in [4.78, 5) is 14.8. The highest BCUT2D eigenvalue weighted by atomic mass is 35.5. The van der Waals surface area contributed by atoms with Crippen LogP contribution in [0.5, 0.6) is 0 Å². The van der Waals surface area contributed by atoms with Gasteiger partial charge < -0.3 is 0 Å². The van der Waals surface area contributed by atoms with Crippen molar-refractivity contribution in [2.75, 3.05) is 13.1 Å². The van der Waals surface area contributed by atoms with Crippen molar-refractivity contribution in [2.24, 2.45) is 0 Å². The average Bonchev–Trinajstić information content (AvgIpc) is 2.86. The summed E-state index contributed by atoms with van der Waals surface area (Å²) in [7, 11) is 0. The SMILES string of the molecule is CC(C)(C(=O)Cc1ccccc1Cl)N1CCCC1. The molecule has 98 valence electrons. The van der Waals surface area contributed by atoms with E-state index in [2.05, 4.69) is 4.90 Å². The van der Waals surface area contributed by atoms with Crippen molar-refractivity contribution < 1.29 is 4.79 Å². The molecule has 18 heavy (non-hydrogen) atoms. The molecule has 1 aromatic carbocycles. The summed E-state index contributed by atoms with van der Waals surface area (Å²) >= 11 is 6.11. The number of nitrogens with zero attached hydrogens (tertiary/aromatic N) is 1. The smallest absolute Gasteiger partial charge is 0.156 e. The first-order valence-electron chi connectivity index (χ1n) is 6.53. The first kappa shape index (κ1) is 13.6. The fraction of sp³-hybridized carbons (Fsp3) is 0.533. The van der Waals surface area contributed by atoms with Crippen molar-refractivity contribution in [3.8, 4) is 0 Å². The molecule has 2 rings (SSSR count). The molecule has 0 aromatic heterocycles. The van der Waals surface area contributed by atoms with Crippen molar-refractivity contribution in [3.05, 3.63) is 34.9 Å². The number of benzene rings is 1. The van der Waals surface area contributed by atoms with Crippen LogP contribution in [-0.2, 0) is 11.2 Å². The van der Waals surface area contributed by atoms with Gasteiger partial charge in [-0.1, -0.05) is 29.8 Å². The standard InChI is InChI=1S/C15H20ClNO/c1-15(2,17-9-5-6-10-17)14(18)11-12-7-3-4-8-13(12)16/h3-4,7-8H,5-6,9-11H2,1-2H3. The highest BCUT2D eigenvalue weighted by Crippen LogP contribution is 2.25. The van der Waals surface area contributed by atoms with Gasteiger partial charge in [-0.05, 0) is 51.4 Å². The number of carbonyl (C=O) groups excluding carboxylic acids is 1. The van der Waals surface area contributed by atoms with Crippen molar-refractivity contribution in [2.45, 2.75) is 38.6 Å². The maximum Gasteiger partial charge on any atom is 0.156 e. The first-order valence-corrected chi connectivity index (χ1v) is 6.91. The number of rotatable bonds is 4. The molecule has 0 N–H and O–H groups in total. The fourth-order valence-electron chi connectivity index (χ4n) is 2.48. The Bertz CT molecular complexity index is 436. The van der Waals surface area contributed by atoms with E-state index in [-0.39, 0.29) is 11.3 Å². The van der Waals surface area contributed by atoms with Gasteiger partial charge in [0.15, 0.2) is 5.78 Å². The molecule has 0 atom stereocenters. The lowest BCUT2D eigenvalue weighted by atomic mass is 9.92. The number of likely N-dealkylation sites (tertiary alicyclic amines) is 1. The largest absolute Gasteiger partial charge is 0.297 e. The summed E-state index contributed by atoms with van der Waals surface area (Å²) in [5.41, 5.74) is 0.548. The lowest BCUT2D eigenvalue weighted by molar-refractivity contribution is -0.128. The zero-order valence-electron chi connectivity index (χ0n) is 11.1. The van der Waals surface area contributed by atoms with Crippen LogP contribution in [0.15, 0.2) is 24.3 Å². The summed E-state index contributed by atoms with van der Waals surface area (Å²) in [6.45, 7) is 6.11. The van der Waals surface area contributed by atoms with E-state index in [9.17, 15) is 4.79 Å². The minimum Gasteiger partial charge on any atom is -0.297 e. The number of Topliss-reactive ketones (excluding diaryl/α,β-unsaturated/α-hetero) is 1. The second-order valence-corrected chi connectivity index (χ2v) is 5.85. The van der Waals surface area contributed by atoms with Crippen LogP contribution in [0.2, 0.25) is 5.02 Å². The molecule has 0 amide bonds. The predicted octanol–water partition coefficient (Wildman–Crippen LogP) is 3.33. The third-order valence-electron chi connectivity index (χ3n) is 3.89. The van der Waals surface area contributed by atoms with Crippen LogP contribution in [0.4, 0.5) is 0 Å². The zero-order chi connectivity index (χ0) is 13.2. The highest BCUT2D eigenvalue weighted by molar-refractivity contribution is 6.31. The molecule has 0 bridgehead atoms. The molecule has 0 unspecified atom stereocenters. The molecule has 1 aliphatic rings. The Labute approximate surface area is 114 Å². The average molecular weight is 266 g/mol. The second kappa shape index (κ2) is 5.41. The molecule has 0 spiro atoms.